The fourth-order valence-electron chi connectivity index (χ4n) is 1.19. The van der Waals surface area contributed by atoms with Gasteiger partial charge in [0, 0.05) is 11.4 Å². The molecular formula is C11H17NS. The van der Waals surface area contributed by atoms with Gasteiger partial charge in [0.2, 0.25) is 0 Å². The highest BCUT2D eigenvalue weighted by molar-refractivity contribution is 7.98. The van der Waals surface area contributed by atoms with E-state index in [9.17, 15) is 0 Å². The summed E-state index contributed by atoms with van der Waals surface area (Å²) in [4.78, 5) is 0. The van der Waals surface area contributed by atoms with Crippen LogP contribution in [0.1, 0.15) is 24.5 Å². The summed E-state index contributed by atoms with van der Waals surface area (Å²) in [6.45, 7) is 4.30. The summed E-state index contributed by atoms with van der Waals surface area (Å²) in [5, 5.41) is 0. The van der Waals surface area contributed by atoms with E-state index in [0.717, 1.165) is 11.4 Å². The van der Waals surface area contributed by atoms with E-state index < -0.39 is 0 Å². The van der Waals surface area contributed by atoms with Gasteiger partial charge in [-0.25, -0.2) is 0 Å². The molecule has 0 aliphatic carbocycles. The van der Waals surface area contributed by atoms with Gasteiger partial charge in [-0.2, -0.15) is 11.8 Å². The van der Waals surface area contributed by atoms with Gasteiger partial charge in [-0.1, -0.05) is 19.1 Å². The standard InChI is InChI=1S/C11H17NS/c1-3-7-13-8-10-5-4-6-11(12)9(10)2/h4-6H,3,7-8,12H2,1-2H3. The van der Waals surface area contributed by atoms with E-state index >= 15 is 0 Å². The minimum atomic E-state index is 0.912. The van der Waals surface area contributed by atoms with Crippen molar-refractivity contribution in [3.05, 3.63) is 29.3 Å². The smallest absolute Gasteiger partial charge is 0.0346 e. The van der Waals surface area contributed by atoms with Gasteiger partial charge in [0.05, 0.1) is 0 Å². The predicted molar refractivity (Wildman–Crippen MR) is 62.0 cm³/mol. The Morgan fingerprint density at radius 3 is 2.85 bits per heavy atom. The molecule has 1 nitrogen and oxygen atoms in total. The normalized spacial score (nSPS) is 10.3. The van der Waals surface area contributed by atoms with Crippen LogP contribution in [0.2, 0.25) is 0 Å². The number of rotatable bonds is 4. The van der Waals surface area contributed by atoms with Crippen LogP contribution in [0.4, 0.5) is 5.69 Å². The highest BCUT2D eigenvalue weighted by Crippen LogP contribution is 2.20. The van der Waals surface area contributed by atoms with Gasteiger partial charge in [0.1, 0.15) is 0 Å². The van der Waals surface area contributed by atoms with Crippen molar-refractivity contribution in [3.8, 4) is 0 Å². The third-order valence-corrected chi connectivity index (χ3v) is 3.31. The Balaban J connectivity index is 2.61. The van der Waals surface area contributed by atoms with Crippen molar-refractivity contribution >= 4 is 17.4 Å². The predicted octanol–water partition coefficient (Wildman–Crippen LogP) is 3.22. The molecule has 0 unspecified atom stereocenters. The summed E-state index contributed by atoms with van der Waals surface area (Å²) in [5.41, 5.74) is 9.34. The van der Waals surface area contributed by atoms with E-state index in [1.165, 1.54) is 23.3 Å². The average molecular weight is 195 g/mol. The Hall–Kier alpha value is -0.630. The lowest BCUT2D eigenvalue weighted by Crippen LogP contribution is -1.94. The number of thioether (sulfide) groups is 1. The molecule has 0 aromatic heterocycles. The Labute approximate surface area is 84.7 Å². The fourth-order valence-corrected chi connectivity index (χ4v) is 2.15. The maximum Gasteiger partial charge on any atom is 0.0346 e. The number of nitrogen functional groups attached to an aromatic ring is 1. The van der Waals surface area contributed by atoms with Gasteiger partial charge in [-0.3, -0.25) is 0 Å². The van der Waals surface area contributed by atoms with Gasteiger partial charge in [0.15, 0.2) is 0 Å². The Morgan fingerprint density at radius 1 is 1.38 bits per heavy atom. The van der Waals surface area contributed by atoms with Crippen molar-refractivity contribution < 1.29 is 0 Å². The third kappa shape index (κ3) is 2.96. The molecule has 0 saturated carbocycles. The van der Waals surface area contributed by atoms with Crippen molar-refractivity contribution in [1.29, 1.82) is 0 Å². The summed E-state index contributed by atoms with van der Waals surface area (Å²) in [5.74, 6) is 2.32. The van der Waals surface area contributed by atoms with E-state index in [1.807, 2.05) is 23.9 Å². The van der Waals surface area contributed by atoms with Crippen LogP contribution >= 0.6 is 11.8 Å². The number of hydrogen-bond acceptors (Lipinski definition) is 2. The molecule has 13 heavy (non-hydrogen) atoms. The molecule has 0 atom stereocenters. The first kappa shape index (κ1) is 10.5. The zero-order valence-corrected chi connectivity index (χ0v) is 9.16. The van der Waals surface area contributed by atoms with Crippen molar-refractivity contribution in [2.45, 2.75) is 26.0 Å². The van der Waals surface area contributed by atoms with Crippen LogP contribution in [0.3, 0.4) is 0 Å². The molecule has 0 heterocycles. The lowest BCUT2D eigenvalue weighted by atomic mass is 10.1. The number of hydrogen-bond donors (Lipinski definition) is 1. The second-order valence-electron chi connectivity index (χ2n) is 3.18. The molecule has 72 valence electrons. The summed E-state index contributed by atoms with van der Waals surface area (Å²) >= 11 is 1.97. The molecule has 1 aromatic carbocycles. The molecular weight excluding hydrogens is 178 g/mol. The van der Waals surface area contributed by atoms with Gasteiger partial charge in [0.25, 0.3) is 0 Å². The topological polar surface area (TPSA) is 26.0 Å². The Kier molecular flexibility index (Phi) is 4.16. The molecule has 0 aliphatic rings. The number of nitrogens with two attached hydrogens (primary N) is 1. The summed E-state index contributed by atoms with van der Waals surface area (Å²) in [6, 6.07) is 6.15. The van der Waals surface area contributed by atoms with Crippen molar-refractivity contribution in [3.63, 3.8) is 0 Å². The van der Waals surface area contributed by atoms with Crippen molar-refractivity contribution in [2.75, 3.05) is 11.5 Å². The summed E-state index contributed by atoms with van der Waals surface area (Å²) in [6.07, 6.45) is 1.24. The SMILES string of the molecule is CCCSCc1cccc(N)c1C. The molecule has 0 fully saturated rings. The van der Waals surface area contributed by atoms with Crippen LogP contribution in [-0.4, -0.2) is 5.75 Å². The summed E-state index contributed by atoms with van der Waals surface area (Å²) in [7, 11) is 0. The average Bonchev–Trinajstić information content (AvgIpc) is 2.13. The van der Waals surface area contributed by atoms with E-state index in [-0.39, 0.29) is 0 Å². The first-order chi connectivity index (χ1) is 6.25. The van der Waals surface area contributed by atoms with Crippen LogP contribution in [0, 0.1) is 6.92 Å². The van der Waals surface area contributed by atoms with Gasteiger partial charge < -0.3 is 5.73 Å². The number of anilines is 1. The van der Waals surface area contributed by atoms with Crippen LogP contribution in [0.25, 0.3) is 0 Å². The molecule has 1 aromatic rings. The molecule has 0 saturated heterocycles. The molecule has 0 aliphatic heterocycles. The minimum absolute atomic E-state index is 0.912. The van der Waals surface area contributed by atoms with Crippen LogP contribution < -0.4 is 5.73 Å². The Bertz CT molecular complexity index is 271. The van der Waals surface area contributed by atoms with E-state index in [0.29, 0.717) is 0 Å². The molecule has 0 amide bonds. The molecule has 0 bridgehead atoms. The molecule has 2 heteroatoms. The highest BCUT2D eigenvalue weighted by Gasteiger charge is 2.00. The van der Waals surface area contributed by atoms with Gasteiger partial charge in [-0.05, 0) is 36.3 Å². The number of benzene rings is 1. The quantitative estimate of drug-likeness (QED) is 0.589. The van der Waals surface area contributed by atoms with E-state index in [2.05, 4.69) is 19.9 Å². The lowest BCUT2D eigenvalue weighted by Gasteiger charge is -2.07. The maximum atomic E-state index is 5.82. The molecule has 2 N–H and O–H groups in total. The third-order valence-electron chi connectivity index (χ3n) is 2.09. The fraction of sp³-hybridized carbons (Fsp3) is 0.455. The van der Waals surface area contributed by atoms with Crippen molar-refractivity contribution in [2.24, 2.45) is 0 Å². The zero-order valence-electron chi connectivity index (χ0n) is 8.34. The van der Waals surface area contributed by atoms with Crippen LogP contribution in [0.15, 0.2) is 18.2 Å². The zero-order chi connectivity index (χ0) is 9.68. The highest BCUT2D eigenvalue weighted by atomic mass is 32.2. The first-order valence-electron chi connectivity index (χ1n) is 4.67. The second-order valence-corrected chi connectivity index (χ2v) is 4.29. The molecule has 1 rings (SSSR count). The maximum absolute atomic E-state index is 5.82. The summed E-state index contributed by atoms with van der Waals surface area (Å²) < 4.78 is 0. The Morgan fingerprint density at radius 2 is 2.15 bits per heavy atom. The minimum Gasteiger partial charge on any atom is -0.399 e. The molecule has 0 spiro atoms. The van der Waals surface area contributed by atoms with Gasteiger partial charge >= 0.3 is 0 Å². The lowest BCUT2D eigenvalue weighted by molar-refractivity contribution is 1.10. The first-order valence-corrected chi connectivity index (χ1v) is 5.83. The van der Waals surface area contributed by atoms with E-state index in [4.69, 9.17) is 5.73 Å². The second kappa shape index (κ2) is 5.18. The molecule has 0 radical (unpaired) electrons. The van der Waals surface area contributed by atoms with Crippen LogP contribution in [-0.2, 0) is 5.75 Å². The van der Waals surface area contributed by atoms with Crippen LogP contribution in [0.5, 0.6) is 0 Å². The largest absolute Gasteiger partial charge is 0.399 e. The van der Waals surface area contributed by atoms with Crippen molar-refractivity contribution in [1.82, 2.24) is 0 Å². The van der Waals surface area contributed by atoms with Gasteiger partial charge in [-0.15, -0.1) is 0 Å². The monoisotopic (exact) mass is 195 g/mol. The van der Waals surface area contributed by atoms with E-state index in [1.54, 1.807) is 0 Å².